The Balaban J connectivity index is 1.74. The van der Waals surface area contributed by atoms with Gasteiger partial charge >= 0.3 is 0 Å². The molecule has 1 saturated heterocycles. The minimum atomic E-state index is -3.76. The predicted molar refractivity (Wildman–Crippen MR) is 128 cm³/mol. The molecule has 0 aromatic heterocycles. The summed E-state index contributed by atoms with van der Waals surface area (Å²) in [6.45, 7) is 7.17. The SMILES string of the molecule is CC(C)Cc1ccc(S(=O)(=O)N(CCCc2ccccc2)CC(=O)N2CCNCC2)cc1. The molecule has 1 N–H and O–H groups in total. The molecule has 0 spiro atoms. The number of rotatable bonds is 10. The number of carbonyl (C=O) groups excluding carboxylic acids is 1. The number of piperazine rings is 1. The minimum Gasteiger partial charge on any atom is -0.339 e. The molecule has 0 saturated carbocycles. The van der Waals surface area contributed by atoms with Gasteiger partial charge in [0.15, 0.2) is 0 Å². The van der Waals surface area contributed by atoms with E-state index in [2.05, 4.69) is 19.2 Å². The average molecular weight is 458 g/mol. The molecule has 2 aromatic carbocycles. The van der Waals surface area contributed by atoms with Crippen molar-refractivity contribution in [1.29, 1.82) is 0 Å². The van der Waals surface area contributed by atoms with Gasteiger partial charge in [-0.1, -0.05) is 56.3 Å². The summed E-state index contributed by atoms with van der Waals surface area (Å²) >= 11 is 0. The fourth-order valence-electron chi connectivity index (χ4n) is 3.97. The largest absolute Gasteiger partial charge is 0.339 e. The van der Waals surface area contributed by atoms with Gasteiger partial charge in [-0.3, -0.25) is 4.79 Å². The van der Waals surface area contributed by atoms with Crippen LogP contribution in [0.5, 0.6) is 0 Å². The highest BCUT2D eigenvalue weighted by Gasteiger charge is 2.28. The van der Waals surface area contributed by atoms with Crippen molar-refractivity contribution in [3.05, 3.63) is 65.7 Å². The molecule has 0 unspecified atom stereocenters. The lowest BCUT2D eigenvalue weighted by molar-refractivity contribution is -0.131. The molecule has 32 heavy (non-hydrogen) atoms. The van der Waals surface area contributed by atoms with Gasteiger partial charge in [0.1, 0.15) is 0 Å². The molecule has 0 aliphatic carbocycles. The van der Waals surface area contributed by atoms with Crippen molar-refractivity contribution in [3.63, 3.8) is 0 Å². The third-order valence-corrected chi connectivity index (χ3v) is 7.56. The fourth-order valence-corrected chi connectivity index (χ4v) is 5.40. The summed E-state index contributed by atoms with van der Waals surface area (Å²) in [7, 11) is -3.76. The van der Waals surface area contributed by atoms with E-state index in [1.807, 2.05) is 42.5 Å². The lowest BCUT2D eigenvalue weighted by Gasteiger charge is -2.30. The Hall–Kier alpha value is -2.22. The van der Waals surface area contributed by atoms with Gasteiger partial charge in [0, 0.05) is 32.7 Å². The van der Waals surface area contributed by atoms with E-state index >= 15 is 0 Å². The maximum absolute atomic E-state index is 13.5. The lowest BCUT2D eigenvalue weighted by atomic mass is 10.0. The minimum absolute atomic E-state index is 0.120. The van der Waals surface area contributed by atoms with Crippen LogP contribution in [0.25, 0.3) is 0 Å². The van der Waals surface area contributed by atoms with E-state index in [4.69, 9.17) is 0 Å². The predicted octanol–water partition coefficient (Wildman–Crippen LogP) is 2.94. The molecule has 1 amide bonds. The first-order valence-corrected chi connectivity index (χ1v) is 12.9. The average Bonchev–Trinajstić information content (AvgIpc) is 2.79. The molecule has 0 bridgehead atoms. The molecule has 3 rings (SSSR count). The van der Waals surface area contributed by atoms with Crippen molar-refractivity contribution in [1.82, 2.24) is 14.5 Å². The van der Waals surface area contributed by atoms with E-state index in [-0.39, 0.29) is 17.3 Å². The van der Waals surface area contributed by atoms with Crippen molar-refractivity contribution in [3.8, 4) is 0 Å². The van der Waals surface area contributed by atoms with Gasteiger partial charge in [0.25, 0.3) is 0 Å². The second kappa shape index (κ2) is 11.6. The second-order valence-corrected chi connectivity index (χ2v) is 10.7. The number of amides is 1. The van der Waals surface area contributed by atoms with E-state index in [9.17, 15) is 13.2 Å². The molecule has 0 atom stereocenters. The first kappa shape index (κ1) is 24.4. The molecule has 0 radical (unpaired) electrons. The third-order valence-electron chi connectivity index (χ3n) is 5.70. The number of aryl methyl sites for hydroxylation is 1. The van der Waals surface area contributed by atoms with Crippen molar-refractivity contribution in [2.45, 2.75) is 38.0 Å². The van der Waals surface area contributed by atoms with Gasteiger partial charge in [0.05, 0.1) is 11.4 Å². The van der Waals surface area contributed by atoms with Crippen LogP contribution >= 0.6 is 0 Å². The van der Waals surface area contributed by atoms with Gasteiger partial charge in [-0.2, -0.15) is 4.31 Å². The van der Waals surface area contributed by atoms with Gasteiger partial charge in [-0.05, 0) is 48.4 Å². The normalized spacial score (nSPS) is 14.8. The third kappa shape index (κ3) is 6.89. The van der Waals surface area contributed by atoms with Crippen LogP contribution in [0.4, 0.5) is 0 Å². The highest BCUT2D eigenvalue weighted by molar-refractivity contribution is 7.89. The summed E-state index contributed by atoms with van der Waals surface area (Å²) in [6, 6.07) is 17.1. The van der Waals surface area contributed by atoms with Crippen LogP contribution in [0.15, 0.2) is 59.5 Å². The number of benzene rings is 2. The molecule has 1 aliphatic rings. The number of nitrogens with zero attached hydrogens (tertiary/aromatic N) is 2. The molecular weight excluding hydrogens is 422 g/mol. The van der Waals surface area contributed by atoms with Gasteiger partial charge in [0.2, 0.25) is 15.9 Å². The fraction of sp³-hybridized carbons (Fsp3) is 0.480. The number of nitrogens with one attached hydrogen (secondary N) is 1. The van der Waals surface area contributed by atoms with Gasteiger partial charge < -0.3 is 10.2 Å². The molecular formula is C25H35N3O3S. The highest BCUT2D eigenvalue weighted by atomic mass is 32.2. The summed E-state index contributed by atoms with van der Waals surface area (Å²) in [4.78, 5) is 14.9. The maximum atomic E-state index is 13.5. The van der Waals surface area contributed by atoms with Crippen LogP contribution in [-0.4, -0.2) is 62.8 Å². The zero-order valence-electron chi connectivity index (χ0n) is 19.2. The molecule has 6 nitrogen and oxygen atoms in total. The van der Waals surface area contributed by atoms with E-state index in [1.165, 1.54) is 4.31 Å². The van der Waals surface area contributed by atoms with E-state index in [1.54, 1.807) is 17.0 Å². The summed E-state index contributed by atoms with van der Waals surface area (Å²) in [6.07, 6.45) is 2.33. The molecule has 7 heteroatoms. The van der Waals surface area contributed by atoms with Crippen LogP contribution in [0.1, 0.15) is 31.4 Å². The van der Waals surface area contributed by atoms with Crippen LogP contribution in [0.3, 0.4) is 0 Å². The Morgan fingerprint density at radius 1 is 1.00 bits per heavy atom. The maximum Gasteiger partial charge on any atom is 0.243 e. The Bertz CT molecular complexity index is 954. The first-order valence-electron chi connectivity index (χ1n) is 11.5. The smallest absolute Gasteiger partial charge is 0.243 e. The van der Waals surface area contributed by atoms with E-state index in [0.29, 0.717) is 32.0 Å². The Morgan fingerprint density at radius 3 is 2.28 bits per heavy atom. The van der Waals surface area contributed by atoms with Crippen molar-refractivity contribution in [2.24, 2.45) is 5.92 Å². The Labute approximate surface area is 192 Å². The molecule has 2 aromatic rings. The Kier molecular flexibility index (Phi) is 8.84. The van der Waals surface area contributed by atoms with Gasteiger partial charge in [-0.15, -0.1) is 0 Å². The molecule has 1 heterocycles. The topological polar surface area (TPSA) is 69.7 Å². The van der Waals surface area contributed by atoms with Crippen LogP contribution in [0, 0.1) is 5.92 Å². The van der Waals surface area contributed by atoms with Crippen LogP contribution < -0.4 is 5.32 Å². The van der Waals surface area contributed by atoms with E-state index < -0.39 is 10.0 Å². The second-order valence-electron chi connectivity index (χ2n) is 8.80. The standard InChI is InChI=1S/C25H35N3O3S/c1-21(2)19-23-10-12-24(13-11-23)32(30,31)28(16-6-9-22-7-4-3-5-8-22)20-25(29)27-17-14-26-15-18-27/h3-5,7-8,10-13,21,26H,6,9,14-20H2,1-2H3. The van der Waals surface area contributed by atoms with Gasteiger partial charge in [-0.25, -0.2) is 8.42 Å². The molecule has 1 fully saturated rings. The molecule has 174 valence electrons. The number of sulfonamides is 1. The monoisotopic (exact) mass is 457 g/mol. The van der Waals surface area contributed by atoms with Crippen molar-refractivity contribution >= 4 is 15.9 Å². The van der Waals surface area contributed by atoms with Crippen LogP contribution in [0.2, 0.25) is 0 Å². The van der Waals surface area contributed by atoms with Crippen molar-refractivity contribution in [2.75, 3.05) is 39.3 Å². The summed E-state index contributed by atoms with van der Waals surface area (Å²) in [5, 5.41) is 3.22. The Morgan fingerprint density at radius 2 is 1.66 bits per heavy atom. The summed E-state index contributed by atoms with van der Waals surface area (Å²) in [5.41, 5.74) is 2.28. The number of hydrogen-bond acceptors (Lipinski definition) is 4. The van der Waals surface area contributed by atoms with Crippen molar-refractivity contribution < 1.29 is 13.2 Å². The lowest BCUT2D eigenvalue weighted by Crippen LogP contribution is -2.50. The number of carbonyl (C=O) groups is 1. The number of hydrogen-bond donors (Lipinski definition) is 1. The first-order chi connectivity index (χ1) is 15.4. The zero-order valence-corrected chi connectivity index (χ0v) is 20.0. The summed E-state index contributed by atoms with van der Waals surface area (Å²) in [5.74, 6) is 0.370. The summed E-state index contributed by atoms with van der Waals surface area (Å²) < 4.78 is 28.3. The zero-order chi connectivity index (χ0) is 23.0. The molecule has 1 aliphatic heterocycles. The van der Waals surface area contributed by atoms with E-state index in [0.717, 1.165) is 37.1 Å². The highest BCUT2D eigenvalue weighted by Crippen LogP contribution is 2.19. The van der Waals surface area contributed by atoms with Crippen LogP contribution in [-0.2, 0) is 27.7 Å². The quantitative estimate of drug-likeness (QED) is 0.596.